The molecule has 2 N–H and O–H groups in total. The number of rotatable bonds is 5. The van der Waals surface area contributed by atoms with Gasteiger partial charge in [-0.2, -0.15) is 0 Å². The van der Waals surface area contributed by atoms with Gasteiger partial charge in [0.1, 0.15) is 0 Å². The maximum absolute atomic E-state index is 10.9. The van der Waals surface area contributed by atoms with Crippen LogP contribution >= 0.6 is 0 Å². The van der Waals surface area contributed by atoms with Gasteiger partial charge in [-0.05, 0) is 57.1 Å². The number of carboxylic acids is 1. The molecular weight excluding hydrogens is 250 g/mol. The van der Waals surface area contributed by atoms with Crippen LogP contribution in [-0.2, 0) is 11.2 Å². The molecule has 0 saturated heterocycles. The van der Waals surface area contributed by atoms with E-state index in [1.165, 1.54) is 11.1 Å². The number of aliphatic carboxylic acids is 1. The minimum Gasteiger partial charge on any atom is -0.481 e. The first-order valence-corrected chi connectivity index (χ1v) is 7.59. The van der Waals surface area contributed by atoms with Crippen molar-refractivity contribution in [3.05, 3.63) is 35.4 Å². The Bertz CT molecular complexity index is 450. The summed E-state index contributed by atoms with van der Waals surface area (Å²) in [6, 6.07) is 9.42. The Labute approximate surface area is 121 Å². The lowest BCUT2D eigenvalue weighted by Crippen LogP contribution is -2.41. The van der Waals surface area contributed by atoms with E-state index in [9.17, 15) is 4.79 Å². The fourth-order valence-corrected chi connectivity index (χ4v) is 3.14. The maximum atomic E-state index is 10.9. The van der Waals surface area contributed by atoms with Crippen LogP contribution in [0.3, 0.4) is 0 Å². The minimum atomic E-state index is -0.628. The van der Waals surface area contributed by atoms with Crippen LogP contribution in [-0.4, -0.2) is 23.2 Å². The van der Waals surface area contributed by atoms with Gasteiger partial charge in [-0.15, -0.1) is 0 Å². The third kappa shape index (κ3) is 4.07. The van der Waals surface area contributed by atoms with Gasteiger partial charge in [0, 0.05) is 12.1 Å². The number of nitrogens with one attached hydrogen (secondary N) is 1. The molecule has 1 fully saturated rings. The highest BCUT2D eigenvalue weighted by molar-refractivity contribution is 5.70. The molecule has 1 saturated carbocycles. The van der Waals surface area contributed by atoms with E-state index in [2.05, 4.69) is 43.4 Å². The minimum absolute atomic E-state index is 0.125. The normalized spacial score (nSPS) is 24.3. The monoisotopic (exact) mass is 275 g/mol. The van der Waals surface area contributed by atoms with E-state index in [-0.39, 0.29) is 5.92 Å². The van der Waals surface area contributed by atoms with Gasteiger partial charge in [-0.1, -0.05) is 24.3 Å². The largest absolute Gasteiger partial charge is 0.481 e. The number of carbonyl (C=O) groups is 1. The highest BCUT2D eigenvalue weighted by Crippen LogP contribution is 2.25. The topological polar surface area (TPSA) is 49.3 Å². The van der Waals surface area contributed by atoms with E-state index in [1.807, 2.05) is 0 Å². The zero-order valence-corrected chi connectivity index (χ0v) is 12.4. The molecule has 0 amide bonds. The van der Waals surface area contributed by atoms with Gasteiger partial charge < -0.3 is 10.4 Å². The van der Waals surface area contributed by atoms with Crippen LogP contribution in [0.5, 0.6) is 0 Å². The van der Waals surface area contributed by atoms with Crippen LogP contribution < -0.4 is 5.32 Å². The van der Waals surface area contributed by atoms with Gasteiger partial charge in [0.15, 0.2) is 0 Å². The molecule has 1 aromatic rings. The van der Waals surface area contributed by atoms with Crippen molar-refractivity contribution in [2.45, 2.75) is 58.0 Å². The lowest BCUT2D eigenvalue weighted by Gasteiger charge is -2.29. The zero-order chi connectivity index (χ0) is 14.5. The lowest BCUT2D eigenvalue weighted by molar-refractivity contribution is -0.142. The Morgan fingerprint density at radius 1 is 1.30 bits per heavy atom. The highest BCUT2D eigenvalue weighted by atomic mass is 16.4. The van der Waals surface area contributed by atoms with Crippen LogP contribution in [0.4, 0.5) is 0 Å². The van der Waals surface area contributed by atoms with Crippen LogP contribution in [0.25, 0.3) is 0 Å². The van der Waals surface area contributed by atoms with Gasteiger partial charge in [-0.25, -0.2) is 0 Å². The van der Waals surface area contributed by atoms with Gasteiger partial charge in [0.2, 0.25) is 0 Å². The molecule has 3 nitrogen and oxygen atoms in total. The van der Waals surface area contributed by atoms with Crippen molar-refractivity contribution < 1.29 is 9.90 Å². The van der Waals surface area contributed by atoms with Crippen molar-refractivity contribution in [2.75, 3.05) is 0 Å². The number of benzene rings is 1. The quantitative estimate of drug-likeness (QED) is 0.868. The van der Waals surface area contributed by atoms with Gasteiger partial charge >= 0.3 is 5.97 Å². The molecule has 1 unspecified atom stereocenters. The molecule has 20 heavy (non-hydrogen) atoms. The van der Waals surface area contributed by atoms with Crippen LogP contribution in [0.15, 0.2) is 24.3 Å². The van der Waals surface area contributed by atoms with E-state index in [0.717, 1.165) is 32.1 Å². The molecule has 2 rings (SSSR count). The Morgan fingerprint density at radius 3 is 2.55 bits per heavy atom. The molecular formula is C17H25NO2. The maximum Gasteiger partial charge on any atom is 0.306 e. The summed E-state index contributed by atoms with van der Waals surface area (Å²) in [6.07, 6.45) is 4.61. The molecule has 1 aromatic carbocycles. The first-order chi connectivity index (χ1) is 9.56. The Balaban J connectivity index is 1.80. The Hall–Kier alpha value is -1.35. The number of hydrogen-bond donors (Lipinski definition) is 2. The third-order valence-electron chi connectivity index (χ3n) is 4.38. The van der Waals surface area contributed by atoms with E-state index in [1.54, 1.807) is 0 Å². The number of carboxylic acid groups (broad SMARTS) is 1. The van der Waals surface area contributed by atoms with Crippen molar-refractivity contribution in [1.29, 1.82) is 0 Å². The van der Waals surface area contributed by atoms with Crippen molar-refractivity contribution in [1.82, 2.24) is 5.32 Å². The smallest absolute Gasteiger partial charge is 0.306 e. The summed E-state index contributed by atoms with van der Waals surface area (Å²) in [5, 5.41) is 12.7. The summed E-state index contributed by atoms with van der Waals surface area (Å²) in [7, 11) is 0. The molecule has 0 spiro atoms. The van der Waals surface area contributed by atoms with Crippen LogP contribution in [0.1, 0.15) is 43.7 Å². The molecule has 0 heterocycles. The Morgan fingerprint density at radius 2 is 1.95 bits per heavy atom. The molecule has 0 radical (unpaired) electrons. The molecule has 1 atom stereocenters. The summed E-state index contributed by atoms with van der Waals surface area (Å²) < 4.78 is 0. The molecule has 1 aliphatic carbocycles. The summed E-state index contributed by atoms with van der Waals surface area (Å²) >= 11 is 0. The zero-order valence-electron chi connectivity index (χ0n) is 12.4. The second kappa shape index (κ2) is 6.89. The molecule has 110 valence electrons. The SMILES string of the molecule is Cc1ccccc1CC(C)NC1CCC(C(=O)O)CC1. The molecule has 0 aliphatic heterocycles. The van der Waals surface area contributed by atoms with Crippen LogP contribution in [0.2, 0.25) is 0 Å². The molecule has 0 bridgehead atoms. The first kappa shape index (κ1) is 15.0. The van der Waals surface area contributed by atoms with Crippen molar-refractivity contribution in [3.63, 3.8) is 0 Å². The fourth-order valence-electron chi connectivity index (χ4n) is 3.14. The predicted octanol–water partition coefficient (Wildman–Crippen LogP) is 3.16. The number of hydrogen-bond acceptors (Lipinski definition) is 2. The second-order valence-corrected chi connectivity index (χ2v) is 6.09. The van der Waals surface area contributed by atoms with Gasteiger partial charge in [0.25, 0.3) is 0 Å². The van der Waals surface area contributed by atoms with E-state index >= 15 is 0 Å². The van der Waals surface area contributed by atoms with Crippen molar-refractivity contribution in [3.8, 4) is 0 Å². The van der Waals surface area contributed by atoms with E-state index in [4.69, 9.17) is 5.11 Å². The first-order valence-electron chi connectivity index (χ1n) is 7.59. The second-order valence-electron chi connectivity index (χ2n) is 6.09. The van der Waals surface area contributed by atoms with E-state index < -0.39 is 5.97 Å². The fraction of sp³-hybridized carbons (Fsp3) is 0.588. The average molecular weight is 275 g/mol. The summed E-state index contributed by atoms with van der Waals surface area (Å²) in [5.41, 5.74) is 2.74. The Kier molecular flexibility index (Phi) is 5.18. The molecule has 1 aliphatic rings. The van der Waals surface area contributed by atoms with Gasteiger partial charge in [0.05, 0.1) is 5.92 Å². The molecule has 0 aromatic heterocycles. The van der Waals surface area contributed by atoms with Gasteiger partial charge in [-0.3, -0.25) is 4.79 Å². The summed E-state index contributed by atoms with van der Waals surface area (Å²) in [4.78, 5) is 10.9. The van der Waals surface area contributed by atoms with E-state index in [0.29, 0.717) is 12.1 Å². The lowest BCUT2D eigenvalue weighted by atomic mass is 9.85. The standard InChI is InChI=1S/C17H25NO2/c1-12-5-3-4-6-15(12)11-13(2)18-16-9-7-14(8-10-16)17(19)20/h3-6,13-14,16,18H,7-11H2,1-2H3,(H,19,20). The average Bonchev–Trinajstić information content (AvgIpc) is 2.42. The van der Waals surface area contributed by atoms with Crippen molar-refractivity contribution >= 4 is 5.97 Å². The van der Waals surface area contributed by atoms with Crippen LogP contribution in [0, 0.1) is 12.8 Å². The number of aryl methyl sites for hydroxylation is 1. The highest BCUT2D eigenvalue weighted by Gasteiger charge is 2.26. The third-order valence-corrected chi connectivity index (χ3v) is 4.38. The predicted molar refractivity (Wildman–Crippen MR) is 80.9 cm³/mol. The summed E-state index contributed by atoms with van der Waals surface area (Å²) in [5.74, 6) is -0.754. The molecule has 3 heteroatoms. The summed E-state index contributed by atoms with van der Waals surface area (Å²) in [6.45, 7) is 4.37. The van der Waals surface area contributed by atoms with Crippen molar-refractivity contribution in [2.24, 2.45) is 5.92 Å².